The summed E-state index contributed by atoms with van der Waals surface area (Å²) in [5.41, 5.74) is -0.136. The maximum atomic E-state index is 13.5. The third kappa shape index (κ3) is 2.90. The molecule has 0 aromatic heterocycles. The minimum atomic E-state index is -2.24. The summed E-state index contributed by atoms with van der Waals surface area (Å²) in [6.45, 7) is 1.80. The van der Waals surface area contributed by atoms with Gasteiger partial charge in [-0.15, -0.1) is 0 Å². The first-order valence-electron chi connectivity index (χ1n) is 5.65. The highest BCUT2D eigenvalue weighted by molar-refractivity contribution is 6.69. The number of halogens is 6. The lowest BCUT2D eigenvalue weighted by Gasteiger charge is -2.05. The van der Waals surface area contributed by atoms with Gasteiger partial charge in [-0.3, -0.25) is 0 Å². The molecule has 0 unspecified atom stereocenters. The van der Waals surface area contributed by atoms with Crippen molar-refractivity contribution in [2.75, 3.05) is 0 Å². The van der Waals surface area contributed by atoms with Crippen LogP contribution in [-0.4, -0.2) is 5.17 Å². The Balaban J connectivity index is 2.57. The van der Waals surface area contributed by atoms with Gasteiger partial charge in [-0.1, -0.05) is 41.4 Å². The van der Waals surface area contributed by atoms with Crippen LogP contribution in [0.1, 0.15) is 11.1 Å². The average Bonchev–Trinajstić information content (AvgIpc) is 2.48. The molecule has 0 atom stereocenters. The lowest BCUT2D eigenvalue weighted by Crippen LogP contribution is -2.02. The van der Waals surface area contributed by atoms with E-state index in [1.807, 2.05) is 0 Å². The first-order valence-corrected chi connectivity index (χ1v) is 6.03. The van der Waals surface area contributed by atoms with Gasteiger partial charge in [-0.25, -0.2) is 26.9 Å². The van der Waals surface area contributed by atoms with E-state index in [0.29, 0.717) is 0 Å². The Bertz CT molecular complexity index is 696. The van der Waals surface area contributed by atoms with Crippen LogP contribution in [0.5, 0.6) is 0 Å². The fraction of sp³-hybridized carbons (Fsp3) is 0.0714. The van der Waals surface area contributed by atoms with Gasteiger partial charge >= 0.3 is 0 Å². The summed E-state index contributed by atoms with van der Waals surface area (Å²) in [6, 6.07) is 6.33. The third-order valence-electron chi connectivity index (χ3n) is 2.69. The van der Waals surface area contributed by atoms with Crippen molar-refractivity contribution >= 4 is 22.5 Å². The van der Waals surface area contributed by atoms with E-state index in [2.05, 4.69) is 4.99 Å². The second-order valence-electron chi connectivity index (χ2n) is 4.19. The van der Waals surface area contributed by atoms with Gasteiger partial charge in [0.2, 0.25) is 5.82 Å². The van der Waals surface area contributed by atoms with Crippen LogP contribution in [0.15, 0.2) is 29.3 Å². The molecule has 0 amide bonds. The van der Waals surface area contributed by atoms with E-state index in [-0.39, 0.29) is 5.56 Å². The highest BCUT2D eigenvalue weighted by Gasteiger charge is 2.25. The standard InChI is InChI=1S/C14H7ClF5N/c1-6-2-4-7(5-3-6)14(15)21-13-11(19)9(17)8(16)10(18)12(13)20/h2-5H,1H3. The molecule has 2 rings (SSSR count). The van der Waals surface area contributed by atoms with Gasteiger partial charge in [0.25, 0.3) is 0 Å². The molecule has 0 fully saturated rings. The molecule has 0 radical (unpaired) electrons. The predicted octanol–water partition coefficient (Wildman–Crippen LogP) is 5.01. The topological polar surface area (TPSA) is 12.4 Å². The third-order valence-corrected chi connectivity index (χ3v) is 2.99. The van der Waals surface area contributed by atoms with E-state index in [9.17, 15) is 22.0 Å². The number of benzene rings is 2. The fourth-order valence-corrected chi connectivity index (χ4v) is 1.76. The molecule has 0 spiro atoms. The summed E-state index contributed by atoms with van der Waals surface area (Å²) in [5.74, 6) is -10.4. The molecule has 21 heavy (non-hydrogen) atoms. The second kappa shape index (κ2) is 5.81. The maximum Gasteiger partial charge on any atom is 0.200 e. The summed E-state index contributed by atoms with van der Waals surface area (Å²) < 4.78 is 65.9. The summed E-state index contributed by atoms with van der Waals surface area (Å²) in [6.07, 6.45) is 0. The van der Waals surface area contributed by atoms with Gasteiger partial charge in [-0.2, -0.15) is 0 Å². The van der Waals surface area contributed by atoms with Crippen LogP contribution in [0, 0.1) is 36.0 Å². The lowest BCUT2D eigenvalue weighted by atomic mass is 10.2. The predicted molar refractivity (Wildman–Crippen MR) is 69.5 cm³/mol. The summed E-state index contributed by atoms with van der Waals surface area (Å²) in [7, 11) is 0. The van der Waals surface area contributed by atoms with E-state index in [1.165, 1.54) is 12.1 Å². The van der Waals surface area contributed by atoms with E-state index >= 15 is 0 Å². The van der Waals surface area contributed by atoms with Crippen LogP contribution in [0.4, 0.5) is 27.6 Å². The molecule has 0 aliphatic heterocycles. The molecule has 0 N–H and O–H groups in total. The van der Waals surface area contributed by atoms with E-state index in [0.717, 1.165) is 5.56 Å². The van der Waals surface area contributed by atoms with Gasteiger partial charge < -0.3 is 0 Å². The zero-order chi connectivity index (χ0) is 15.7. The van der Waals surface area contributed by atoms with Gasteiger partial charge in [-0.05, 0) is 6.92 Å². The first-order chi connectivity index (χ1) is 9.82. The van der Waals surface area contributed by atoms with Crippen molar-refractivity contribution in [3.63, 3.8) is 0 Å². The van der Waals surface area contributed by atoms with Crippen LogP contribution < -0.4 is 0 Å². The molecule has 1 nitrogen and oxygen atoms in total. The average molecular weight is 320 g/mol. The van der Waals surface area contributed by atoms with Crippen LogP contribution in [0.25, 0.3) is 0 Å². The van der Waals surface area contributed by atoms with Crippen LogP contribution in [0.2, 0.25) is 0 Å². The lowest BCUT2D eigenvalue weighted by molar-refractivity contribution is 0.381. The molecule has 0 aliphatic rings. The largest absolute Gasteiger partial charge is 0.230 e. The van der Waals surface area contributed by atoms with E-state index in [4.69, 9.17) is 11.6 Å². The quantitative estimate of drug-likeness (QED) is 0.319. The van der Waals surface area contributed by atoms with Gasteiger partial charge in [0.15, 0.2) is 23.3 Å². The number of nitrogens with zero attached hydrogens (tertiary/aromatic N) is 1. The van der Waals surface area contributed by atoms with Crippen molar-refractivity contribution in [3.8, 4) is 0 Å². The first kappa shape index (κ1) is 15.4. The summed E-state index contributed by atoms with van der Waals surface area (Å²) >= 11 is 5.76. The molecule has 0 saturated heterocycles. The minimum absolute atomic E-state index is 0.284. The summed E-state index contributed by atoms with van der Waals surface area (Å²) in [5, 5.41) is -0.391. The van der Waals surface area contributed by atoms with Crippen molar-refractivity contribution in [1.82, 2.24) is 0 Å². The normalized spacial score (nSPS) is 11.9. The smallest absolute Gasteiger partial charge is 0.200 e. The van der Waals surface area contributed by atoms with Crippen molar-refractivity contribution in [3.05, 3.63) is 64.5 Å². The zero-order valence-corrected chi connectivity index (χ0v) is 11.3. The number of aryl methyl sites for hydroxylation is 1. The number of rotatable bonds is 2. The van der Waals surface area contributed by atoms with Crippen molar-refractivity contribution in [1.29, 1.82) is 0 Å². The molecule has 7 heteroatoms. The van der Waals surface area contributed by atoms with Crippen LogP contribution in [-0.2, 0) is 0 Å². The molecule has 0 aliphatic carbocycles. The fourth-order valence-electron chi connectivity index (χ4n) is 1.55. The Morgan fingerprint density at radius 1 is 0.810 bits per heavy atom. The maximum absolute atomic E-state index is 13.5. The minimum Gasteiger partial charge on any atom is -0.230 e. The molecule has 110 valence electrons. The molecule has 0 heterocycles. The number of hydrogen-bond donors (Lipinski definition) is 0. The van der Waals surface area contributed by atoms with Gasteiger partial charge in [0.05, 0.1) is 0 Å². The van der Waals surface area contributed by atoms with Crippen molar-refractivity contribution < 1.29 is 22.0 Å². The Morgan fingerprint density at radius 3 is 1.71 bits per heavy atom. The highest BCUT2D eigenvalue weighted by Crippen LogP contribution is 2.30. The Labute approximate surface area is 121 Å². The zero-order valence-electron chi connectivity index (χ0n) is 10.5. The Morgan fingerprint density at radius 2 is 1.24 bits per heavy atom. The molecule has 2 aromatic rings. The molecular formula is C14H7ClF5N. The van der Waals surface area contributed by atoms with Crippen LogP contribution >= 0.6 is 11.6 Å². The molecule has 0 saturated carbocycles. The molecular weight excluding hydrogens is 313 g/mol. The van der Waals surface area contributed by atoms with Crippen molar-refractivity contribution in [2.45, 2.75) is 6.92 Å². The SMILES string of the molecule is Cc1ccc(C(Cl)=Nc2c(F)c(F)c(F)c(F)c2F)cc1. The monoisotopic (exact) mass is 319 g/mol. The van der Waals surface area contributed by atoms with Crippen molar-refractivity contribution in [2.24, 2.45) is 4.99 Å². The summed E-state index contributed by atoms with van der Waals surface area (Å²) in [4.78, 5) is 3.31. The highest BCUT2D eigenvalue weighted by atomic mass is 35.5. The molecule has 0 bridgehead atoms. The Hall–Kier alpha value is -1.95. The Kier molecular flexibility index (Phi) is 4.27. The second-order valence-corrected chi connectivity index (χ2v) is 4.55. The number of aliphatic imine (C=N–C) groups is 1. The van der Waals surface area contributed by atoms with Crippen LogP contribution in [0.3, 0.4) is 0 Å². The van der Waals surface area contributed by atoms with Gasteiger partial charge in [0, 0.05) is 5.56 Å². The van der Waals surface area contributed by atoms with E-state index in [1.54, 1.807) is 19.1 Å². The number of hydrogen-bond acceptors (Lipinski definition) is 1. The van der Waals surface area contributed by atoms with E-state index < -0.39 is 39.9 Å². The van der Waals surface area contributed by atoms with Gasteiger partial charge in [0.1, 0.15) is 10.9 Å². The molecule has 2 aromatic carbocycles.